The van der Waals surface area contributed by atoms with Gasteiger partial charge in [-0.25, -0.2) is 9.48 Å². The van der Waals surface area contributed by atoms with Crippen LogP contribution in [0.4, 0.5) is 10.5 Å². The van der Waals surface area contributed by atoms with Crippen LogP contribution >= 0.6 is 0 Å². The predicted octanol–water partition coefficient (Wildman–Crippen LogP) is 2.03. The molecule has 1 heterocycles. The Morgan fingerprint density at radius 2 is 2.20 bits per heavy atom. The number of benzene rings is 1. The largest absolute Gasteiger partial charge is 0.380 e. The minimum absolute atomic E-state index is 0.260. The third kappa shape index (κ3) is 3.83. The maximum absolute atomic E-state index is 11.8. The molecule has 1 aromatic heterocycles. The number of urea groups is 1. The van der Waals surface area contributed by atoms with Crippen LogP contribution in [-0.4, -0.2) is 35.6 Å². The van der Waals surface area contributed by atoms with Gasteiger partial charge in [0.25, 0.3) is 0 Å². The highest BCUT2D eigenvalue weighted by atomic mass is 16.5. The quantitative estimate of drug-likeness (QED) is 0.792. The lowest BCUT2D eigenvalue weighted by atomic mass is 10.2. The van der Waals surface area contributed by atoms with E-state index in [0.717, 1.165) is 5.69 Å². The molecule has 2 N–H and O–H groups in total. The molecule has 0 aliphatic rings. The zero-order chi connectivity index (χ0) is 14.2. The summed E-state index contributed by atoms with van der Waals surface area (Å²) in [6.07, 6.45) is 3.52. The monoisotopic (exact) mass is 274 g/mol. The molecule has 1 aromatic carbocycles. The van der Waals surface area contributed by atoms with E-state index < -0.39 is 0 Å². The lowest BCUT2D eigenvalue weighted by molar-refractivity contribution is 0.150. The third-order valence-electron chi connectivity index (χ3n) is 2.64. The fraction of sp³-hybridized carbons (Fsp3) is 0.286. The van der Waals surface area contributed by atoms with Crippen LogP contribution in [0.15, 0.2) is 42.7 Å². The van der Waals surface area contributed by atoms with Crippen molar-refractivity contribution in [2.24, 2.45) is 0 Å². The molecule has 0 spiro atoms. The standard InChI is InChI=1S/C14H18N4O2/c1-2-20-11-9-15-14(19)17-12-6-3-4-7-13(12)18-10-5-8-16-18/h3-8,10H,2,9,11H2,1H3,(H2,15,17,19). The van der Waals surface area contributed by atoms with Gasteiger partial charge in [-0.1, -0.05) is 12.1 Å². The Balaban J connectivity index is 1.97. The number of anilines is 1. The van der Waals surface area contributed by atoms with E-state index in [0.29, 0.717) is 25.4 Å². The number of hydrogen-bond acceptors (Lipinski definition) is 3. The zero-order valence-electron chi connectivity index (χ0n) is 11.4. The van der Waals surface area contributed by atoms with Gasteiger partial charge in [-0.2, -0.15) is 5.10 Å². The van der Waals surface area contributed by atoms with Crippen LogP contribution < -0.4 is 10.6 Å². The van der Waals surface area contributed by atoms with E-state index in [4.69, 9.17) is 4.74 Å². The van der Waals surface area contributed by atoms with Crippen molar-refractivity contribution in [2.75, 3.05) is 25.1 Å². The SMILES string of the molecule is CCOCCNC(=O)Nc1ccccc1-n1cccn1. The summed E-state index contributed by atoms with van der Waals surface area (Å²) in [5.41, 5.74) is 1.52. The Morgan fingerprint density at radius 3 is 2.95 bits per heavy atom. The molecule has 0 unspecified atom stereocenters. The van der Waals surface area contributed by atoms with Crippen LogP contribution in [-0.2, 0) is 4.74 Å². The first-order chi connectivity index (χ1) is 9.81. The number of amides is 2. The Kier molecular flexibility index (Phi) is 5.14. The number of para-hydroxylation sites is 2. The van der Waals surface area contributed by atoms with Gasteiger partial charge in [-0.15, -0.1) is 0 Å². The molecule has 0 radical (unpaired) electrons. The Labute approximate surface area is 117 Å². The van der Waals surface area contributed by atoms with Crippen LogP contribution in [0.5, 0.6) is 0 Å². The van der Waals surface area contributed by atoms with Crippen molar-refractivity contribution >= 4 is 11.7 Å². The molecule has 0 saturated carbocycles. The highest BCUT2D eigenvalue weighted by molar-refractivity contribution is 5.91. The molecule has 0 aliphatic heterocycles. The van der Waals surface area contributed by atoms with Gasteiger partial charge in [0.05, 0.1) is 18.0 Å². The summed E-state index contributed by atoms with van der Waals surface area (Å²) in [5, 5.41) is 9.71. The first-order valence-corrected chi connectivity index (χ1v) is 6.53. The van der Waals surface area contributed by atoms with Crippen LogP contribution in [0, 0.1) is 0 Å². The smallest absolute Gasteiger partial charge is 0.319 e. The topological polar surface area (TPSA) is 68.2 Å². The normalized spacial score (nSPS) is 10.2. The molecular formula is C14H18N4O2. The molecule has 6 heteroatoms. The van der Waals surface area contributed by atoms with Gasteiger partial charge >= 0.3 is 6.03 Å². The van der Waals surface area contributed by atoms with E-state index in [9.17, 15) is 4.79 Å². The second-order valence-electron chi connectivity index (χ2n) is 4.05. The summed E-state index contributed by atoms with van der Waals surface area (Å²) in [6, 6.07) is 9.06. The minimum Gasteiger partial charge on any atom is -0.380 e. The number of carbonyl (C=O) groups is 1. The molecule has 0 aliphatic carbocycles. The number of nitrogens with one attached hydrogen (secondary N) is 2. The van der Waals surface area contributed by atoms with Crippen LogP contribution in [0.3, 0.4) is 0 Å². The van der Waals surface area contributed by atoms with Gasteiger partial charge in [0.2, 0.25) is 0 Å². The van der Waals surface area contributed by atoms with Crippen LogP contribution in [0.2, 0.25) is 0 Å². The molecular weight excluding hydrogens is 256 g/mol. The van der Waals surface area contributed by atoms with Crippen molar-refractivity contribution < 1.29 is 9.53 Å². The van der Waals surface area contributed by atoms with Gasteiger partial charge in [0.15, 0.2) is 0 Å². The Bertz CT molecular complexity index is 540. The van der Waals surface area contributed by atoms with E-state index in [1.807, 2.05) is 43.5 Å². The van der Waals surface area contributed by atoms with Gasteiger partial charge < -0.3 is 15.4 Å². The molecule has 0 fully saturated rings. The second kappa shape index (κ2) is 7.30. The highest BCUT2D eigenvalue weighted by Gasteiger charge is 2.07. The van der Waals surface area contributed by atoms with Crippen LogP contribution in [0.1, 0.15) is 6.92 Å². The zero-order valence-corrected chi connectivity index (χ0v) is 11.4. The van der Waals surface area contributed by atoms with Crippen LogP contribution in [0.25, 0.3) is 5.69 Å². The fourth-order valence-electron chi connectivity index (χ4n) is 1.74. The highest BCUT2D eigenvalue weighted by Crippen LogP contribution is 2.18. The number of rotatable bonds is 6. The second-order valence-corrected chi connectivity index (χ2v) is 4.05. The van der Waals surface area contributed by atoms with E-state index >= 15 is 0 Å². The lowest BCUT2D eigenvalue weighted by Gasteiger charge is -2.11. The van der Waals surface area contributed by atoms with E-state index in [1.165, 1.54) is 0 Å². The summed E-state index contributed by atoms with van der Waals surface area (Å²) < 4.78 is 6.86. The van der Waals surface area contributed by atoms with Gasteiger partial charge in [0, 0.05) is 25.5 Å². The maximum atomic E-state index is 11.8. The summed E-state index contributed by atoms with van der Waals surface area (Å²) >= 11 is 0. The summed E-state index contributed by atoms with van der Waals surface area (Å²) in [7, 11) is 0. The Morgan fingerprint density at radius 1 is 1.35 bits per heavy atom. The number of ether oxygens (including phenoxy) is 1. The molecule has 0 bridgehead atoms. The van der Waals surface area contributed by atoms with Crippen molar-refractivity contribution in [3.05, 3.63) is 42.7 Å². The molecule has 2 aromatic rings. The van der Waals surface area contributed by atoms with Crippen molar-refractivity contribution in [1.29, 1.82) is 0 Å². The van der Waals surface area contributed by atoms with Gasteiger partial charge in [-0.3, -0.25) is 0 Å². The van der Waals surface area contributed by atoms with Gasteiger partial charge in [0.1, 0.15) is 0 Å². The van der Waals surface area contributed by atoms with Gasteiger partial charge in [-0.05, 0) is 25.1 Å². The van der Waals surface area contributed by atoms with E-state index in [2.05, 4.69) is 15.7 Å². The minimum atomic E-state index is -0.260. The number of aromatic nitrogens is 2. The molecule has 20 heavy (non-hydrogen) atoms. The van der Waals surface area contributed by atoms with E-state index in [1.54, 1.807) is 10.9 Å². The molecule has 0 saturated heterocycles. The summed E-state index contributed by atoms with van der Waals surface area (Å²) in [6.45, 7) is 3.54. The summed E-state index contributed by atoms with van der Waals surface area (Å²) in [5.74, 6) is 0. The average molecular weight is 274 g/mol. The maximum Gasteiger partial charge on any atom is 0.319 e. The third-order valence-corrected chi connectivity index (χ3v) is 2.64. The molecule has 2 amide bonds. The van der Waals surface area contributed by atoms with Crippen molar-refractivity contribution in [2.45, 2.75) is 6.92 Å². The number of nitrogens with zero attached hydrogens (tertiary/aromatic N) is 2. The van der Waals surface area contributed by atoms with Crippen molar-refractivity contribution in [3.8, 4) is 5.69 Å². The Hall–Kier alpha value is -2.34. The lowest BCUT2D eigenvalue weighted by Crippen LogP contribution is -2.31. The van der Waals surface area contributed by atoms with E-state index in [-0.39, 0.29) is 6.03 Å². The first-order valence-electron chi connectivity index (χ1n) is 6.53. The predicted molar refractivity (Wildman–Crippen MR) is 77.1 cm³/mol. The average Bonchev–Trinajstić information content (AvgIpc) is 2.98. The van der Waals surface area contributed by atoms with Crippen molar-refractivity contribution in [1.82, 2.24) is 15.1 Å². The van der Waals surface area contributed by atoms with Crippen molar-refractivity contribution in [3.63, 3.8) is 0 Å². The molecule has 2 rings (SSSR count). The molecule has 6 nitrogen and oxygen atoms in total. The number of carbonyl (C=O) groups excluding carboxylic acids is 1. The summed E-state index contributed by atoms with van der Waals surface area (Å²) in [4.78, 5) is 11.8. The molecule has 0 atom stereocenters. The fourth-order valence-corrected chi connectivity index (χ4v) is 1.74. The number of hydrogen-bond donors (Lipinski definition) is 2. The first kappa shape index (κ1) is 14.1. The molecule has 106 valence electrons.